The highest BCUT2D eigenvalue weighted by atomic mass is 32.2. The molecule has 1 unspecified atom stereocenters. The maximum atomic E-state index is 12.2. The molecular weight excluding hydrogens is 288 g/mol. The Morgan fingerprint density at radius 1 is 1.19 bits per heavy atom. The molecule has 1 aromatic carbocycles. The number of rotatable bonds is 6. The molecule has 0 aliphatic heterocycles. The van der Waals surface area contributed by atoms with Gasteiger partial charge in [0.1, 0.15) is 6.33 Å². The second kappa shape index (κ2) is 6.75. The molecule has 0 saturated heterocycles. The Bertz CT molecular complexity index is 672. The van der Waals surface area contributed by atoms with E-state index in [4.69, 9.17) is 0 Å². The Morgan fingerprint density at radius 2 is 1.90 bits per heavy atom. The number of nitrogens with one attached hydrogen (secondary N) is 2. The predicted octanol–water partition coefficient (Wildman–Crippen LogP) is 1.24. The van der Waals surface area contributed by atoms with E-state index in [9.17, 15) is 8.42 Å². The van der Waals surface area contributed by atoms with Crippen LogP contribution in [0.15, 0.2) is 47.8 Å². The molecule has 2 rings (SSSR count). The fraction of sp³-hybridized carbons (Fsp3) is 0.286. The Morgan fingerprint density at radius 3 is 2.48 bits per heavy atom. The summed E-state index contributed by atoms with van der Waals surface area (Å²) in [5.74, 6) is 0. The minimum atomic E-state index is -3.54. The van der Waals surface area contributed by atoms with E-state index in [1.807, 2.05) is 14.0 Å². The molecule has 2 aromatic rings. The van der Waals surface area contributed by atoms with Gasteiger partial charge in [0.05, 0.1) is 17.1 Å². The number of benzene rings is 1. The lowest BCUT2D eigenvalue weighted by Crippen LogP contribution is -2.23. The highest BCUT2D eigenvalue weighted by Crippen LogP contribution is 2.15. The molecule has 0 spiro atoms. The molecule has 7 heteroatoms. The van der Waals surface area contributed by atoms with Crippen molar-refractivity contribution in [3.63, 3.8) is 0 Å². The molecule has 0 aliphatic rings. The quantitative estimate of drug-likeness (QED) is 0.839. The Balaban J connectivity index is 2.09. The van der Waals surface area contributed by atoms with Crippen molar-refractivity contribution in [2.45, 2.75) is 24.4 Å². The normalized spacial score (nSPS) is 13.0. The number of hydrogen-bond acceptors (Lipinski definition) is 5. The van der Waals surface area contributed by atoms with Crippen molar-refractivity contribution in [1.29, 1.82) is 0 Å². The van der Waals surface area contributed by atoms with E-state index in [1.165, 1.54) is 6.33 Å². The lowest BCUT2D eigenvalue weighted by atomic mass is 10.1. The molecule has 0 amide bonds. The minimum Gasteiger partial charge on any atom is -0.313 e. The minimum absolute atomic E-state index is 0.138. The third-order valence-corrected chi connectivity index (χ3v) is 4.63. The zero-order valence-corrected chi connectivity index (χ0v) is 12.8. The molecular formula is C14H18N4O2S. The van der Waals surface area contributed by atoms with Crippen LogP contribution < -0.4 is 10.0 Å². The molecule has 1 heterocycles. The second-order valence-electron chi connectivity index (χ2n) is 4.60. The standard InChI is InChI=1S/C14H18N4O2S/c1-11(15-2)12-3-5-14(6-4-12)21(19,20)18-9-13-7-8-16-10-17-13/h3-8,10-11,15,18H,9H2,1-2H3. The van der Waals surface area contributed by atoms with Gasteiger partial charge in [0.25, 0.3) is 0 Å². The molecule has 2 N–H and O–H groups in total. The summed E-state index contributed by atoms with van der Waals surface area (Å²) in [6, 6.07) is 8.66. The molecule has 1 aromatic heterocycles. The Kier molecular flexibility index (Phi) is 5.00. The second-order valence-corrected chi connectivity index (χ2v) is 6.37. The van der Waals surface area contributed by atoms with Crippen LogP contribution in [0.1, 0.15) is 24.2 Å². The average Bonchev–Trinajstić information content (AvgIpc) is 2.53. The number of sulfonamides is 1. The van der Waals surface area contributed by atoms with Crippen molar-refractivity contribution >= 4 is 10.0 Å². The van der Waals surface area contributed by atoms with Crippen LogP contribution in [0, 0.1) is 0 Å². The fourth-order valence-corrected chi connectivity index (χ4v) is 2.78. The maximum absolute atomic E-state index is 12.2. The van der Waals surface area contributed by atoms with Crippen LogP contribution in [0.3, 0.4) is 0 Å². The SMILES string of the molecule is CNC(C)c1ccc(S(=O)(=O)NCc2ccncn2)cc1. The van der Waals surface area contributed by atoms with Gasteiger partial charge in [-0.2, -0.15) is 0 Å². The van der Waals surface area contributed by atoms with Gasteiger partial charge in [0.2, 0.25) is 10.0 Å². The number of aromatic nitrogens is 2. The molecule has 0 bridgehead atoms. The summed E-state index contributed by atoms with van der Waals surface area (Å²) in [5, 5.41) is 3.11. The number of nitrogens with zero attached hydrogens (tertiary/aromatic N) is 2. The molecule has 0 saturated carbocycles. The van der Waals surface area contributed by atoms with E-state index in [0.29, 0.717) is 5.69 Å². The van der Waals surface area contributed by atoms with Crippen LogP contribution in [-0.2, 0) is 16.6 Å². The van der Waals surface area contributed by atoms with E-state index in [0.717, 1.165) is 5.56 Å². The van der Waals surface area contributed by atoms with Crippen LogP contribution in [0.5, 0.6) is 0 Å². The van der Waals surface area contributed by atoms with E-state index in [2.05, 4.69) is 20.0 Å². The van der Waals surface area contributed by atoms with Crippen molar-refractivity contribution in [2.75, 3.05) is 7.05 Å². The van der Waals surface area contributed by atoms with Gasteiger partial charge < -0.3 is 5.32 Å². The summed E-state index contributed by atoms with van der Waals surface area (Å²) in [6.45, 7) is 2.15. The van der Waals surface area contributed by atoms with Crippen LogP contribution >= 0.6 is 0 Å². The number of hydrogen-bond donors (Lipinski definition) is 2. The van der Waals surface area contributed by atoms with E-state index >= 15 is 0 Å². The van der Waals surface area contributed by atoms with Crippen molar-refractivity contribution in [1.82, 2.24) is 20.0 Å². The lowest BCUT2D eigenvalue weighted by Gasteiger charge is -2.11. The maximum Gasteiger partial charge on any atom is 0.240 e. The summed E-state index contributed by atoms with van der Waals surface area (Å²) < 4.78 is 26.9. The van der Waals surface area contributed by atoms with Crippen molar-refractivity contribution in [2.24, 2.45) is 0 Å². The lowest BCUT2D eigenvalue weighted by molar-refractivity contribution is 0.580. The molecule has 21 heavy (non-hydrogen) atoms. The van der Waals surface area contributed by atoms with Gasteiger partial charge in [-0.3, -0.25) is 0 Å². The predicted molar refractivity (Wildman–Crippen MR) is 80.0 cm³/mol. The summed E-state index contributed by atoms with van der Waals surface area (Å²) >= 11 is 0. The summed E-state index contributed by atoms with van der Waals surface area (Å²) in [7, 11) is -1.68. The molecule has 112 valence electrons. The first-order valence-corrected chi connectivity index (χ1v) is 8.03. The third-order valence-electron chi connectivity index (χ3n) is 3.21. The van der Waals surface area contributed by atoms with Gasteiger partial charge in [0, 0.05) is 12.2 Å². The van der Waals surface area contributed by atoms with Gasteiger partial charge >= 0.3 is 0 Å². The first-order valence-electron chi connectivity index (χ1n) is 6.54. The molecule has 0 radical (unpaired) electrons. The van der Waals surface area contributed by atoms with Crippen molar-refractivity contribution in [3.8, 4) is 0 Å². The first-order chi connectivity index (χ1) is 10.0. The van der Waals surface area contributed by atoms with Crippen molar-refractivity contribution in [3.05, 3.63) is 54.1 Å². The van der Waals surface area contributed by atoms with E-state index in [1.54, 1.807) is 36.5 Å². The molecule has 1 atom stereocenters. The monoisotopic (exact) mass is 306 g/mol. The van der Waals surface area contributed by atoms with Gasteiger partial charge in [-0.1, -0.05) is 12.1 Å². The fourth-order valence-electron chi connectivity index (χ4n) is 1.78. The summed E-state index contributed by atoms with van der Waals surface area (Å²) in [5.41, 5.74) is 1.65. The van der Waals surface area contributed by atoms with Gasteiger partial charge in [-0.05, 0) is 37.7 Å². The third kappa shape index (κ3) is 4.07. The van der Waals surface area contributed by atoms with Crippen LogP contribution in [0.25, 0.3) is 0 Å². The highest BCUT2D eigenvalue weighted by molar-refractivity contribution is 7.89. The summed E-state index contributed by atoms with van der Waals surface area (Å²) in [4.78, 5) is 8.00. The Hall–Kier alpha value is -1.83. The largest absolute Gasteiger partial charge is 0.313 e. The zero-order valence-electron chi connectivity index (χ0n) is 11.9. The van der Waals surface area contributed by atoms with Crippen LogP contribution in [0.2, 0.25) is 0 Å². The zero-order chi connectivity index (χ0) is 15.3. The van der Waals surface area contributed by atoms with E-state index < -0.39 is 10.0 Å². The van der Waals surface area contributed by atoms with Crippen LogP contribution in [-0.4, -0.2) is 25.4 Å². The molecule has 6 nitrogen and oxygen atoms in total. The average molecular weight is 306 g/mol. The van der Waals surface area contributed by atoms with E-state index in [-0.39, 0.29) is 17.5 Å². The molecule has 0 aliphatic carbocycles. The van der Waals surface area contributed by atoms with Crippen LogP contribution in [0.4, 0.5) is 0 Å². The highest BCUT2D eigenvalue weighted by Gasteiger charge is 2.14. The summed E-state index contributed by atoms with van der Waals surface area (Å²) in [6.07, 6.45) is 2.96. The van der Waals surface area contributed by atoms with Gasteiger partial charge in [0.15, 0.2) is 0 Å². The van der Waals surface area contributed by atoms with Gasteiger partial charge in [-0.15, -0.1) is 0 Å². The first kappa shape index (κ1) is 15.6. The van der Waals surface area contributed by atoms with Gasteiger partial charge in [-0.25, -0.2) is 23.1 Å². The van der Waals surface area contributed by atoms with Crippen molar-refractivity contribution < 1.29 is 8.42 Å². The molecule has 0 fully saturated rings. The topological polar surface area (TPSA) is 84.0 Å². The Labute approximate surface area is 124 Å². The smallest absolute Gasteiger partial charge is 0.240 e.